The number of benzene rings is 2. The van der Waals surface area contributed by atoms with Crippen molar-refractivity contribution in [2.45, 2.75) is 11.8 Å². The van der Waals surface area contributed by atoms with Gasteiger partial charge in [0.25, 0.3) is 5.91 Å². The average Bonchev–Trinajstić information content (AvgIpc) is 2.70. The molecular weight excluding hydrogens is 368 g/mol. The van der Waals surface area contributed by atoms with Gasteiger partial charge in [-0.3, -0.25) is 4.79 Å². The molecule has 0 spiro atoms. The van der Waals surface area contributed by atoms with Crippen LogP contribution in [0.3, 0.4) is 0 Å². The van der Waals surface area contributed by atoms with E-state index in [-0.39, 0.29) is 10.8 Å². The lowest BCUT2D eigenvalue weighted by atomic mass is 10.2. The summed E-state index contributed by atoms with van der Waals surface area (Å²) in [7, 11) is -3.54. The number of hydrogen-bond acceptors (Lipinski definition) is 5. The van der Waals surface area contributed by atoms with Gasteiger partial charge in [0.05, 0.1) is 24.7 Å². The number of carbonyl (C=O) groups is 1. The fraction of sp³-hybridized carbons (Fsp3) is 0.316. The molecule has 0 bridgehead atoms. The number of morpholine rings is 1. The Hall–Kier alpha value is -2.42. The van der Waals surface area contributed by atoms with Crippen molar-refractivity contribution < 1.29 is 22.7 Å². The lowest BCUT2D eigenvalue weighted by molar-refractivity contribution is 0.0730. The third-order valence-corrected chi connectivity index (χ3v) is 6.06. The maximum atomic E-state index is 12.6. The molecule has 0 aromatic heterocycles. The third kappa shape index (κ3) is 4.65. The lowest BCUT2D eigenvalue weighted by Gasteiger charge is -2.26. The molecule has 1 aliphatic rings. The maximum Gasteiger partial charge on any atom is 0.255 e. The van der Waals surface area contributed by atoms with Gasteiger partial charge >= 0.3 is 0 Å². The minimum Gasteiger partial charge on any atom is -0.494 e. The zero-order valence-electron chi connectivity index (χ0n) is 15.1. The fourth-order valence-electron chi connectivity index (χ4n) is 2.72. The highest BCUT2D eigenvalue weighted by Gasteiger charge is 2.26. The van der Waals surface area contributed by atoms with Gasteiger partial charge in [-0.15, -0.1) is 0 Å². The number of anilines is 1. The molecule has 1 fully saturated rings. The van der Waals surface area contributed by atoms with Crippen LogP contribution >= 0.6 is 0 Å². The molecular formula is C19H22N2O5S. The normalized spacial score (nSPS) is 15.3. The Morgan fingerprint density at radius 1 is 1.07 bits per heavy atom. The molecule has 1 amide bonds. The van der Waals surface area contributed by atoms with Crippen LogP contribution in [0.25, 0.3) is 0 Å². The van der Waals surface area contributed by atoms with Crippen LogP contribution in [0.1, 0.15) is 17.3 Å². The van der Waals surface area contributed by atoms with E-state index in [1.807, 2.05) is 6.92 Å². The summed E-state index contributed by atoms with van der Waals surface area (Å²) in [5, 5.41) is 2.76. The van der Waals surface area contributed by atoms with E-state index in [0.717, 1.165) is 0 Å². The highest BCUT2D eigenvalue weighted by Crippen LogP contribution is 2.20. The summed E-state index contributed by atoms with van der Waals surface area (Å²) < 4.78 is 37.2. The van der Waals surface area contributed by atoms with Crippen LogP contribution in [-0.2, 0) is 14.8 Å². The second-order valence-electron chi connectivity index (χ2n) is 5.95. The number of carbonyl (C=O) groups excluding carboxylic acids is 1. The van der Waals surface area contributed by atoms with Crippen molar-refractivity contribution in [3.63, 3.8) is 0 Å². The fourth-order valence-corrected chi connectivity index (χ4v) is 4.13. The molecule has 144 valence electrons. The molecule has 2 aromatic carbocycles. The van der Waals surface area contributed by atoms with Gasteiger partial charge in [-0.2, -0.15) is 4.31 Å². The van der Waals surface area contributed by atoms with E-state index in [1.54, 1.807) is 36.4 Å². The molecule has 1 aliphatic heterocycles. The number of amides is 1. The zero-order valence-corrected chi connectivity index (χ0v) is 15.9. The summed E-state index contributed by atoms with van der Waals surface area (Å²) in [6, 6.07) is 13.0. The van der Waals surface area contributed by atoms with Gasteiger partial charge < -0.3 is 14.8 Å². The standard InChI is InChI=1S/C19H22N2O5S/c1-2-26-17-7-3-15(4-8-17)19(22)20-16-5-9-18(10-6-16)27(23,24)21-11-13-25-14-12-21/h3-10H,2,11-14H2,1H3,(H,20,22). The topological polar surface area (TPSA) is 84.9 Å². The molecule has 0 radical (unpaired) electrons. The van der Waals surface area contributed by atoms with Crippen LogP contribution in [0, 0.1) is 0 Å². The van der Waals surface area contributed by atoms with Crippen molar-refractivity contribution in [3.05, 3.63) is 54.1 Å². The van der Waals surface area contributed by atoms with Crippen LogP contribution in [-0.4, -0.2) is 51.5 Å². The minimum absolute atomic E-state index is 0.198. The van der Waals surface area contributed by atoms with Gasteiger partial charge in [-0.1, -0.05) is 0 Å². The molecule has 7 nitrogen and oxygen atoms in total. The maximum absolute atomic E-state index is 12.6. The molecule has 27 heavy (non-hydrogen) atoms. The Morgan fingerprint density at radius 3 is 2.30 bits per heavy atom. The Labute approximate surface area is 158 Å². The van der Waals surface area contributed by atoms with E-state index in [2.05, 4.69) is 5.32 Å². The van der Waals surface area contributed by atoms with Gasteiger partial charge in [0.15, 0.2) is 0 Å². The molecule has 0 unspecified atom stereocenters. The van der Waals surface area contributed by atoms with Crippen molar-refractivity contribution in [2.75, 3.05) is 38.2 Å². The highest BCUT2D eigenvalue weighted by atomic mass is 32.2. The predicted molar refractivity (Wildman–Crippen MR) is 102 cm³/mol. The van der Waals surface area contributed by atoms with Crippen molar-refractivity contribution in [1.29, 1.82) is 0 Å². The first kappa shape index (κ1) is 19.3. The quantitative estimate of drug-likeness (QED) is 0.818. The number of nitrogens with one attached hydrogen (secondary N) is 1. The monoisotopic (exact) mass is 390 g/mol. The Bertz CT molecular complexity index is 873. The Morgan fingerprint density at radius 2 is 1.70 bits per heavy atom. The molecule has 1 heterocycles. The predicted octanol–water partition coefficient (Wildman–Crippen LogP) is 2.36. The first-order valence-electron chi connectivity index (χ1n) is 8.73. The highest BCUT2D eigenvalue weighted by molar-refractivity contribution is 7.89. The summed E-state index contributed by atoms with van der Waals surface area (Å²) in [5.41, 5.74) is 1.01. The van der Waals surface area contributed by atoms with E-state index in [4.69, 9.17) is 9.47 Å². The number of nitrogens with zero attached hydrogens (tertiary/aromatic N) is 1. The lowest BCUT2D eigenvalue weighted by Crippen LogP contribution is -2.40. The van der Waals surface area contributed by atoms with E-state index in [0.29, 0.717) is 49.9 Å². The zero-order chi connectivity index (χ0) is 19.3. The average molecular weight is 390 g/mol. The van der Waals surface area contributed by atoms with E-state index in [1.165, 1.54) is 16.4 Å². The SMILES string of the molecule is CCOc1ccc(C(=O)Nc2ccc(S(=O)(=O)N3CCOCC3)cc2)cc1. The molecule has 1 saturated heterocycles. The molecule has 2 aromatic rings. The largest absolute Gasteiger partial charge is 0.494 e. The van der Waals surface area contributed by atoms with Crippen molar-refractivity contribution in [2.24, 2.45) is 0 Å². The molecule has 8 heteroatoms. The summed E-state index contributed by atoms with van der Waals surface area (Å²) in [4.78, 5) is 12.5. The first-order chi connectivity index (χ1) is 13.0. The number of ether oxygens (including phenoxy) is 2. The summed E-state index contributed by atoms with van der Waals surface area (Å²) in [6.07, 6.45) is 0. The molecule has 1 N–H and O–H groups in total. The smallest absolute Gasteiger partial charge is 0.255 e. The van der Waals surface area contributed by atoms with Gasteiger partial charge in [0.1, 0.15) is 5.75 Å². The molecule has 0 saturated carbocycles. The van der Waals surface area contributed by atoms with Crippen LogP contribution in [0.2, 0.25) is 0 Å². The minimum atomic E-state index is -3.54. The van der Waals surface area contributed by atoms with E-state index < -0.39 is 10.0 Å². The van der Waals surface area contributed by atoms with Gasteiger partial charge in [-0.25, -0.2) is 8.42 Å². The number of sulfonamides is 1. The van der Waals surface area contributed by atoms with Crippen LogP contribution in [0.5, 0.6) is 5.75 Å². The van der Waals surface area contributed by atoms with Crippen LogP contribution in [0.4, 0.5) is 5.69 Å². The van der Waals surface area contributed by atoms with Gasteiger partial charge in [0, 0.05) is 24.3 Å². The van der Waals surface area contributed by atoms with Gasteiger partial charge in [0.2, 0.25) is 10.0 Å². The molecule has 0 aliphatic carbocycles. The van der Waals surface area contributed by atoms with Crippen LogP contribution in [0.15, 0.2) is 53.4 Å². The summed E-state index contributed by atoms with van der Waals surface area (Å²) in [5.74, 6) is 0.425. The third-order valence-electron chi connectivity index (χ3n) is 4.15. The summed E-state index contributed by atoms with van der Waals surface area (Å²) >= 11 is 0. The molecule has 3 rings (SSSR count). The Kier molecular flexibility index (Phi) is 6.10. The second kappa shape index (κ2) is 8.51. The number of rotatable bonds is 6. The Balaban J connectivity index is 1.67. The van der Waals surface area contributed by atoms with E-state index >= 15 is 0 Å². The van der Waals surface area contributed by atoms with Gasteiger partial charge in [-0.05, 0) is 55.5 Å². The number of hydrogen-bond donors (Lipinski definition) is 1. The van der Waals surface area contributed by atoms with Crippen molar-refractivity contribution in [1.82, 2.24) is 4.31 Å². The van der Waals surface area contributed by atoms with Crippen LogP contribution < -0.4 is 10.1 Å². The first-order valence-corrected chi connectivity index (χ1v) is 10.2. The van der Waals surface area contributed by atoms with Crippen molar-refractivity contribution >= 4 is 21.6 Å². The second-order valence-corrected chi connectivity index (χ2v) is 7.89. The molecule has 0 atom stereocenters. The van der Waals surface area contributed by atoms with E-state index in [9.17, 15) is 13.2 Å². The van der Waals surface area contributed by atoms with Crippen molar-refractivity contribution in [3.8, 4) is 5.75 Å². The summed E-state index contributed by atoms with van der Waals surface area (Å²) in [6.45, 7) is 3.94.